The number of benzene rings is 1. The summed E-state index contributed by atoms with van der Waals surface area (Å²) in [6.45, 7) is 9.13. The van der Waals surface area contributed by atoms with Gasteiger partial charge in [-0.1, -0.05) is 64.4 Å². The van der Waals surface area contributed by atoms with Gasteiger partial charge in [-0.25, -0.2) is 4.79 Å². The van der Waals surface area contributed by atoms with Crippen LogP contribution in [0.3, 0.4) is 0 Å². The fraction of sp³-hybridized carbons (Fsp3) is 0.609. The molecule has 2 rings (SSSR count). The number of carbonyl (C=O) groups excluding carboxylic acids is 1. The second-order valence-corrected chi connectivity index (χ2v) is 12.3. The molecule has 1 aromatic rings. The van der Waals surface area contributed by atoms with E-state index in [9.17, 15) is 4.79 Å². The van der Waals surface area contributed by atoms with E-state index >= 15 is 0 Å². The first-order chi connectivity index (χ1) is 14.1. The number of ether oxygens (including phenoxy) is 2. The fourth-order valence-electron chi connectivity index (χ4n) is 3.85. The minimum Gasteiger partial charge on any atom is -0.543 e. The second kappa shape index (κ2) is 11.4. The fourth-order valence-corrected chi connectivity index (χ4v) is 6.47. The van der Waals surface area contributed by atoms with E-state index in [1.807, 2.05) is 30.3 Å². The number of amides is 1. The first-order valence-corrected chi connectivity index (χ1v) is 13.5. The lowest BCUT2D eigenvalue weighted by atomic mass is 10.1. The van der Waals surface area contributed by atoms with Gasteiger partial charge < -0.3 is 13.9 Å². The molecular weight excluding hydrogens is 382 g/mol. The van der Waals surface area contributed by atoms with Crippen LogP contribution in [0.25, 0.3) is 0 Å². The van der Waals surface area contributed by atoms with Crippen molar-refractivity contribution in [3.05, 3.63) is 47.7 Å². The normalized spacial score (nSPS) is 18.7. The molecule has 1 heterocycles. The summed E-state index contributed by atoms with van der Waals surface area (Å²) in [7, 11) is -0.280. The standard InChI is InChI=1S/C23H37NO4Si/c1-6-10-12-17-21(28-29(7-2,8-3)9-4)22(26-5)24-20(18-27-23(24)25)19-15-13-11-14-16-19/h11,13-17,20,22H,6-10,12,18H2,1-5H3/b21-17-/t20-,22-/m0/s1. The van der Waals surface area contributed by atoms with E-state index < -0.39 is 14.5 Å². The van der Waals surface area contributed by atoms with Gasteiger partial charge in [0.1, 0.15) is 12.4 Å². The third kappa shape index (κ3) is 5.63. The van der Waals surface area contributed by atoms with Crippen LogP contribution in [-0.4, -0.2) is 39.3 Å². The minimum absolute atomic E-state index is 0.187. The van der Waals surface area contributed by atoms with E-state index in [0.717, 1.165) is 48.7 Å². The molecule has 0 aromatic heterocycles. The van der Waals surface area contributed by atoms with Gasteiger partial charge in [-0.2, -0.15) is 0 Å². The maximum atomic E-state index is 12.7. The van der Waals surface area contributed by atoms with Crippen LogP contribution in [-0.2, 0) is 13.9 Å². The molecule has 0 N–H and O–H groups in total. The molecule has 1 aromatic carbocycles. The van der Waals surface area contributed by atoms with Crippen molar-refractivity contribution in [2.75, 3.05) is 13.7 Å². The van der Waals surface area contributed by atoms with Crippen molar-refractivity contribution in [2.45, 2.75) is 77.4 Å². The lowest BCUT2D eigenvalue weighted by Gasteiger charge is -2.37. The van der Waals surface area contributed by atoms with E-state index in [2.05, 4.69) is 33.8 Å². The highest BCUT2D eigenvalue weighted by Gasteiger charge is 2.43. The minimum atomic E-state index is -1.92. The number of allylic oxidation sites excluding steroid dienone is 1. The zero-order valence-electron chi connectivity index (χ0n) is 18.6. The van der Waals surface area contributed by atoms with E-state index in [1.54, 1.807) is 12.0 Å². The Bertz CT molecular complexity index is 652. The maximum Gasteiger partial charge on any atom is 0.412 e. The molecule has 0 radical (unpaired) electrons. The molecule has 6 heteroatoms. The summed E-state index contributed by atoms with van der Waals surface area (Å²) in [5.41, 5.74) is 1.04. The van der Waals surface area contributed by atoms with E-state index in [4.69, 9.17) is 13.9 Å². The Hall–Kier alpha value is -1.79. The smallest absolute Gasteiger partial charge is 0.412 e. The van der Waals surface area contributed by atoms with Crippen molar-refractivity contribution in [1.82, 2.24) is 4.90 Å². The van der Waals surface area contributed by atoms with Crippen molar-refractivity contribution in [2.24, 2.45) is 0 Å². The van der Waals surface area contributed by atoms with Gasteiger partial charge >= 0.3 is 6.09 Å². The van der Waals surface area contributed by atoms with E-state index in [1.165, 1.54) is 0 Å². The Morgan fingerprint density at radius 1 is 1.21 bits per heavy atom. The summed E-state index contributed by atoms with van der Waals surface area (Å²) < 4.78 is 18.1. The molecule has 0 unspecified atom stereocenters. The number of nitrogens with zero attached hydrogens (tertiary/aromatic N) is 1. The van der Waals surface area contributed by atoms with Crippen molar-refractivity contribution < 1.29 is 18.7 Å². The largest absolute Gasteiger partial charge is 0.543 e. The third-order valence-electron chi connectivity index (χ3n) is 5.99. The van der Waals surface area contributed by atoms with Gasteiger partial charge in [-0.15, -0.1) is 0 Å². The van der Waals surface area contributed by atoms with Crippen LogP contribution in [0.2, 0.25) is 18.1 Å². The third-order valence-corrected chi connectivity index (χ3v) is 10.5. The van der Waals surface area contributed by atoms with E-state index in [-0.39, 0.29) is 12.1 Å². The summed E-state index contributed by atoms with van der Waals surface area (Å²) in [5, 5.41) is 0. The summed E-state index contributed by atoms with van der Waals surface area (Å²) in [6.07, 6.45) is 4.29. The number of unbranched alkanes of at least 4 members (excludes halogenated alkanes) is 2. The Balaban J connectivity index is 2.39. The van der Waals surface area contributed by atoms with Crippen LogP contribution in [0.1, 0.15) is 58.6 Å². The predicted molar refractivity (Wildman–Crippen MR) is 119 cm³/mol. The van der Waals surface area contributed by atoms with Gasteiger partial charge in [0.05, 0.1) is 6.04 Å². The highest BCUT2D eigenvalue weighted by molar-refractivity contribution is 6.73. The number of hydrogen-bond donors (Lipinski definition) is 0. The topological polar surface area (TPSA) is 48.0 Å². The lowest BCUT2D eigenvalue weighted by molar-refractivity contribution is -0.0154. The zero-order chi connectivity index (χ0) is 21.3. The van der Waals surface area contributed by atoms with Gasteiger partial charge in [0.25, 0.3) is 0 Å². The van der Waals surface area contributed by atoms with Crippen molar-refractivity contribution >= 4 is 14.4 Å². The Kier molecular flexibility index (Phi) is 9.24. The van der Waals surface area contributed by atoms with Crippen LogP contribution in [0.5, 0.6) is 0 Å². The van der Waals surface area contributed by atoms with Gasteiger partial charge in [0, 0.05) is 7.11 Å². The second-order valence-electron chi connectivity index (χ2n) is 7.59. The van der Waals surface area contributed by atoms with Crippen molar-refractivity contribution in [3.8, 4) is 0 Å². The SMILES string of the molecule is CCCC/C=C(\O[Si](CC)(CC)CC)[C@H](OC)N1C(=O)OC[C@H]1c1ccccc1. The Morgan fingerprint density at radius 3 is 2.41 bits per heavy atom. The van der Waals surface area contributed by atoms with Crippen LogP contribution in [0.4, 0.5) is 4.79 Å². The molecule has 0 bridgehead atoms. The summed E-state index contributed by atoms with van der Waals surface area (Å²) in [6, 6.07) is 12.9. The van der Waals surface area contributed by atoms with Crippen LogP contribution >= 0.6 is 0 Å². The summed E-state index contributed by atoms with van der Waals surface area (Å²) >= 11 is 0. The van der Waals surface area contributed by atoms with Gasteiger partial charge in [0.2, 0.25) is 8.32 Å². The molecule has 2 atom stereocenters. The summed E-state index contributed by atoms with van der Waals surface area (Å²) in [4.78, 5) is 14.4. The molecule has 1 saturated heterocycles. The number of methoxy groups -OCH3 is 1. The van der Waals surface area contributed by atoms with Crippen LogP contribution in [0, 0.1) is 0 Å². The molecule has 1 aliphatic rings. The monoisotopic (exact) mass is 419 g/mol. The first kappa shape index (κ1) is 23.5. The van der Waals surface area contributed by atoms with Crippen molar-refractivity contribution in [3.63, 3.8) is 0 Å². The number of carbonyl (C=O) groups is 1. The molecule has 0 aliphatic carbocycles. The highest BCUT2D eigenvalue weighted by atomic mass is 28.4. The number of cyclic esters (lactones) is 1. The van der Waals surface area contributed by atoms with Crippen LogP contribution in [0.15, 0.2) is 42.2 Å². The van der Waals surface area contributed by atoms with Crippen molar-refractivity contribution in [1.29, 1.82) is 0 Å². The van der Waals surface area contributed by atoms with Crippen LogP contribution < -0.4 is 0 Å². The van der Waals surface area contributed by atoms with Gasteiger partial charge in [-0.3, -0.25) is 4.90 Å². The first-order valence-electron chi connectivity index (χ1n) is 11.0. The lowest BCUT2D eigenvalue weighted by Crippen LogP contribution is -2.45. The molecular formula is C23H37NO4Si. The van der Waals surface area contributed by atoms with E-state index in [0.29, 0.717) is 6.61 Å². The molecule has 29 heavy (non-hydrogen) atoms. The average Bonchev–Trinajstić information content (AvgIpc) is 3.14. The zero-order valence-corrected chi connectivity index (χ0v) is 19.6. The Labute approximate surface area is 177 Å². The molecule has 162 valence electrons. The Morgan fingerprint density at radius 2 is 1.86 bits per heavy atom. The highest BCUT2D eigenvalue weighted by Crippen LogP contribution is 2.35. The van der Waals surface area contributed by atoms with Gasteiger partial charge in [0.15, 0.2) is 6.23 Å². The number of hydrogen-bond acceptors (Lipinski definition) is 4. The predicted octanol–water partition coefficient (Wildman–Crippen LogP) is 6.25. The molecule has 5 nitrogen and oxygen atoms in total. The molecule has 0 spiro atoms. The molecule has 1 fully saturated rings. The molecule has 1 aliphatic heterocycles. The maximum absolute atomic E-state index is 12.7. The quantitative estimate of drug-likeness (QED) is 0.228. The number of rotatable bonds is 12. The molecule has 0 saturated carbocycles. The molecule has 1 amide bonds. The summed E-state index contributed by atoms with van der Waals surface area (Å²) in [5.74, 6) is 0.776. The van der Waals surface area contributed by atoms with Gasteiger partial charge in [-0.05, 0) is 42.6 Å². The average molecular weight is 420 g/mol.